The normalized spacial score (nSPS) is 32.8. The first-order valence-electron chi connectivity index (χ1n) is 7.16. The Bertz CT molecular complexity index is 423. The van der Waals surface area contributed by atoms with Gasteiger partial charge in [-0.05, 0) is 19.0 Å². The van der Waals surface area contributed by atoms with Crippen LogP contribution in [0, 0.1) is 5.92 Å². The van der Waals surface area contributed by atoms with Gasteiger partial charge in [-0.1, -0.05) is 19.0 Å². The molecule has 106 valence electrons. The fraction of sp³-hybridized carbons (Fsp3) is 0.846. The number of nitrogens with one attached hydrogen (secondary N) is 1. The van der Waals surface area contributed by atoms with Gasteiger partial charge in [0, 0.05) is 19.6 Å². The van der Waals surface area contributed by atoms with Crippen LogP contribution in [0.3, 0.4) is 0 Å². The minimum atomic E-state index is -0.0455. The number of rotatable bonds is 3. The molecule has 0 bridgehead atoms. The molecule has 0 radical (unpaired) electrons. The molecule has 2 fully saturated rings. The number of hydrogen-bond donors (Lipinski definition) is 1. The number of ether oxygens (including phenoxy) is 1. The van der Waals surface area contributed by atoms with Crippen LogP contribution in [0.4, 0.5) is 0 Å². The Morgan fingerprint density at radius 3 is 3.05 bits per heavy atom. The number of likely N-dealkylation sites (N-methyl/N-ethyl adjacent to an activating group) is 1. The average molecular weight is 266 g/mol. The van der Waals surface area contributed by atoms with Gasteiger partial charge in [-0.3, -0.25) is 4.90 Å². The van der Waals surface area contributed by atoms with Crippen molar-refractivity contribution in [3.8, 4) is 0 Å². The van der Waals surface area contributed by atoms with Gasteiger partial charge < -0.3 is 14.6 Å². The van der Waals surface area contributed by atoms with E-state index in [1.165, 1.54) is 0 Å². The van der Waals surface area contributed by atoms with Crippen LogP contribution < -0.4 is 5.32 Å². The molecule has 3 atom stereocenters. The summed E-state index contributed by atoms with van der Waals surface area (Å²) in [6.07, 6.45) is -0.0455. The fourth-order valence-electron chi connectivity index (χ4n) is 2.82. The van der Waals surface area contributed by atoms with Gasteiger partial charge in [-0.15, -0.1) is 0 Å². The molecule has 2 aliphatic heterocycles. The molecule has 6 heteroatoms. The van der Waals surface area contributed by atoms with Crippen molar-refractivity contribution in [3.63, 3.8) is 0 Å². The summed E-state index contributed by atoms with van der Waals surface area (Å²) >= 11 is 0. The van der Waals surface area contributed by atoms with E-state index in [-0.39, 0.29) is 6.10 Å². The quantitative estimate of drug-likeness (QED) is 0.872. The maximum absolute atomic E-state index is 5.76. The molecule has 0 aromatic carbocycles. The smallest absolute Gasteiger partial charge is 0.231 e. The lowest BCUT2D eigenvalue weighted by Crippen LogP contribution is -2.38. The summed E-state index contributed by atoms with van der Waals surface area (Å²) in [5.41, 5.74) is 0. The molecular formula is C13H22N4O2. The van der Waals surface area contributed by atoms with E-state index in [0.717, 1.165) is 45.2 Å². The topological polar surface area (TPSA) is 63.4 Å². The maximum atomic E-state index is 5.76. The lowest BCUT2D eigenvalue weighted by molar-refractivity contribution is -0.0334. The van der Waals surface area contributed by atoms with Crippen molar-refractivity contribution in [2.45, 2.75) is 25.9 Å². The molecule has 0 aliphatic carbocycles. The van der Waals surface area contributed by atoms with Crippen molar-refractivity contribution >= 4 is 0 Å². The predicted octanol–water partition coefficient (Wildman–Crippen LogP) is 0.786. The minimum absolute atomic E-state index is 0.0455. The second kappa shape index (κ2) is 5.56. The van der Waals surface area contributed by atoms with E-state index in [1.807, 2.05) is 0 Å². The summed E-state index contributed by atoms with van der Waals surface area (Å²) in [5, 5.41) is 7.48. The minimum Gasteiger partial charge on any atom is -0.367 e. The number of aromatic nitrogens is 2. The molecule has 3 heterocycles. The third-order valence-electron chi connectivity index (χ3n) is 4.18. The zero-order valence-electron chi connectivity index (χ0n) is 11.6. The average Bonchev–Trinajstić information content (AvgIpc) is 3.07. The first-order chi connectivity index (χ1) is 9.28. The summed E-state index contributed by atoms with van der Waals surface area (Å²) in [7, 11) is 0. The van der Waals surface area contributed by atoms with Crippen molar-refractivity contribution in [3.05, 3.63) is 11.7 Å². The van der Waals surface area contributed by atoms with Gasteiger partial charge >= 0.3 is 0 Å². The summed E-state index contributed by atoms with van der Waals surface area (Å²) in [6.45, 7) is 9.94. The Kier molecular flexibility index (Phi) is 3.81. The van der Waals surface area contributed by atoms with Crippen molar-refractivity contribution < 1.29 is 9.26 Å². The van der Waals surface area contributed by atoms with Crippen LogP contribution in [0.1, 0.15) is 37.6 Å². The zero-order valence-corrected chi connectivity index (χ0v) is 11.6. The summed E-state index contributed by atoms with van der Waals surface area (Å²) in [4.78, 5) is 6.92. The van der Waals surface area contributed by atoms with Gasteiger partial charge in [0.05, 0.1) is 12.5 Å². The molecular weight excluding hydrogens is 244 g/mol. The van der Waals surface area contributed by atoms with Gasteiger partial charge in [0.15, 0.2) is 0 Å². The fourth-order valence-corrected chi connectivity index (χ4v) is 2.82. The molecule has 1 aromatic rings. The maximum Gasteiger partial charge on any atom is 0.231 e. The van der Waals surface area contributed by atoms with Gasteiger partial charge in [-0.25, -0.2) is 0 Å². The zero-order chi connectivity index (χ0) is 13.2. The highest BCUT2D eigenvalue weighted by atomic mass is 16.5. The molecule has 2 saturated heterocycles. The van der Waals surface area contributed by atoms with E-state index in [9.17, 15) is 0 Å². The van der Waals surface area contributed by atoms with Crippen LogP contribution in [0.15, 0.2) is 4.52 Å². The Morgan fingerprint density at radius 1 is 1.42 bits per heavy atom. The molecule has 0 spiro atoms. The lowest BCUT2D eigenvalue weighted by atomic mass is 9.98. The molecule has 2 aliphatic rings. The van der Waals surface area contributed by atoms with Crippen molar-refractivity contribution in [1.82, 2.24) is 20.4 Å². The Balaban J connectivity index is 1.70. The summed E-state index contributed by atoms with van der Waals surface area (Å²) in [6, 6.07) is 0. The monoisotopic (exact) mass is 266 g/mol. The van der Waals surface area contributed by atoms with E-state index in [1.54, 1.807) is 0 Å². The molecule has 3 rings (SSSR count). The first-order valence-corrected chi connectivity index (χ1v) is 7.16. The van der Waals surface area contributed by atoms with Crippen molar-refractivity contribution in [2.75, 3.05) is 39.3 Å². The van der Waals surface area contributed by atoms with E-state index >= 15 is 0 Å². The summed E-state index contributed by atoms with van der Waals surface area (Å²) < 4.78 is 11.2. The van der Waals surface area contributed by atoms with Crippen LogP contribution in [0.25, 0.3) is 0 Å². The standard InChI is InChI=1S/C13H22N4O2/c1-3-17-4-5-18-11(8-17)12-15-13(19-16-12)10-7-14-6-9(10)2/h9-11,14H,3-8H2,1-2H3. The van der Waals surface area contributed by atoms with E-state index in [2.05, 4.69) is 34.2 Å². The third kappa shape index (κ3) is 2.66. The van der Waals surface area contributed by atoms with Gasteiger partial charge in [-0.2, -0.15) is 4.98 Å². The van der Waals surface area contributed by atoms with Crippen LogP contribution in [-0.2, 0) is 4.74 Å². The molecule has 6 nitrogen and oxygen atoms in total. The molecule has 0 saturated carbocycles. The van der Waals surface area contributed by atoms with Crippen LogP contribution in [0.2, 0.25) is 0 Å². The van der Waals surface area contributed by atoms with E-state index in [0.29, 0.717) is 17.7 Å². The second-order valence-corrected chi connectivity index (χ2v) is 5.49. The summed E-state index contributed by atoms with van der Waals surface area (Å²) in [5.74, 6) is 2.34. The first kappa shape index (κ1) is 13.0. The van der Waals surface area contributed by atoms with E-state index < -0.39 is 0 Å². The van der Waals surface area contributed by atoms with Crippen molar-refractivity contribution in [2.24, 2.45) is 5.92 Å². The van der Waals surface area contributed by atoms with E-state index in [4.69, 9.17) is 9.26 Å². The predicted molar refractivity (Wildman–Crippen MR) is 69.9 cm³/mol. The van der Waals surface area contributed by atoms with Crippen LogP contribution >= 0.6 is 0 Å². The largest absolute Gasteiger partial charge is 0.367 e. The number of nitrogens with zero attached hydrogens (tertiary/aromatic N) is 3. The lowest BCUT2D eigenvalue weighted by Gasteiger charge is -2.30. The molecule has 0 amide bonds. The highest BCUT2D eigenvalue weighted by Gasteiger charge is 2.32. The van der Waals surface area contributed by atoms with Crippen LogP contribution in [0.5, 0.6) is 0 Å². The van der Waals surface area contributed by atoms with Gasteiger partial charge in [0.2, 0.25) is 11.7 Å². The van der Waals surface area contributed by atoms with Crippen molar-refractivity contribution in [1.29, 1.82) is 0 Å². The molecule has 3 unspecified atom stereocenters. The number of morpholine rings is 1. The SMILES string of the molecule is CCN1CCOC(c2noc(C3CNCC3C)n2)C1. The van der Waals surface area contributed by atoms with Gasteiger partial charge in [0.1, 0.15) is 6.10 Å². The Labute approximate surface area is 113 Å². The highest BCUT2D eigenvalue weighted by molar-refractivity contribution is 5.03. The molecule has 1 aromatic heterocycles. The second-order valence-electron chi connectivity index (χ2n) is 5.49. The Hall–Kier alpha value is -0.980. The Morgan fingerprint density at radius 2 is 2.32 bits per heavy atom. The van der Waals surface area contributed by atoms with Gasteiger partial charge in [0.25, 0.3) is 0 Å². The van der Waals surface area contributed by atoms with Crippen LogP contribution in [-0.4, -0.2) is 54.4 Å². The molecule has 1 N–H and O–H groups in total. The molecule has 19 heavy (non-hydrogen) atoms. The third-order valence-corrected chi connectivity index (χ3v) is 4.18. The highest BCUT2D eigenvalue weighted by Crippen LogP contribution is 2.28. The number of hydrogen-bond acceptors (Lipinski definition) is 6.